The molecule has 3 aliphatic rings. The highest BCUT2D eigenvalue weighted by Gasteiger charge is 2.40. The largest absolute Gasteiger partial charge is 0.508 e. The zero-order valence-electron chi connectivity index (χ0n) is 20.6. The van der Waals surface area contributed by atoms with Crippen molar-refractivity contribution in [2.75, 3.05) is 26.7 Å². The molecule has 2 aromatic carbocycles. The van der Waals surface area contributed by atoms with E-state index in [1.54, 1.807) is 18.2 Å². The van der Waals surface area contributed by atoms with Gasteiger partial charge in [0.05, 0.1) is 0 Å². The van der Waals surface area contributed by atoms with Crippen molar-refractivity contribution >= 4 is 10.9 Å². The molecule has 6 rings (SSSR count). The molecular weight excluding hydrogens is 442 g/mol. The number of aromatic hydroxyl groups is 3. The van der Waals surface area contributed by atoms with Crippen LogP contribution in [0.2, 0.25) is 0 Å². The molecular formula is C28H37N3O4. The van der Waals surface area contributed by atoms with Crippen LogP contribution in [0, 0.1) is 11.8 Å². The Balaban J connectivity index is 0.00000124. The van der Waals surface area contributed by atoms with Gasteiger partial charge in [-0.15, -0.1) is 0 Å². The molecule has 4 unspecified atom stereocenters. The summed E-state index contributed by atoms with van der Waals surface area (Å²) in [6, 6.07) is 9.77. The van der Waals surface area contributed by atoms with Crippen molar-refractivity contribution in [1.29, 1.82) is 0 Å². The molecule has 0 saturated carbocycles. The molecule has 4 atom stereocenters. The minimum atomic E-state index is -0.00955. The van der Waals surface area contributed by atoms with Crippen molar-refractivity contribution < 1.29 is 20.4 Å². The lowest BCUT2D eigenvalue weighted by Gasteiger charge is -2.48. The standard InChI is InChI=1S/C27H33N3O3.CH4O/c1-2-15-14-30-8-6-16-11-25(32)26(33)13-20(16)24(30)10-17(15)9-23-27-19(5-7-28-23)21-12-18(31)3-4-22(21)29-27;1-2/h3-4,11-13,15,17,23-24,28-29,31-33H,2,5-10,14H2,1H3;2H,1H3. The lowest BCUT2D eigenvalue weighted by Crippen LogP contribution is -2.46. The summed E-state index contributed by atoms with van der Waals surface area (Å²) < 4.78 is 0. The number of H-pyrrole nitrogens is 1. The lowest BCUT2D eigenvalue weighted by atomic mass is 9.73. The third-order valence-corrected chi connectivity index (χ3v) is 8.47. The number of fused-ring (bicyclic) bond motifs is 6. The van der Waals surface area contributed by atoms with Crippen LogP contribution in [0.15, 0.2) is 30.3 Å². The van der Waals surface area contributed by atoms with Gasteiger partial charge in [0, 0.05) is 48.9 Å². The molecule has 0 spiro atoms. The van der Waals surface area contributed by atoms with Crippen molar-refractivity contribution in [3.63, 3.8) is 0 Å². The van der Waals surface area contributed by atoms with Gasteiger partial charge >= 0.3 is 0 Å². The van der Waals surface area contributed by atoms with Crippen LogP contribution in [0.4, 0.5) is 0 Å². The molecule has 4 heterocycles. The van der Waals surface area contributed by atoms with Crippen molar-refractivity contribution in [3.8, 4) is 17.2 Å². The van der Waals surface area contributed by atoms with E-state index in [0.29, 0.717) is 23.6 Å². The average molecular weight is 480 g/mol. The van der Waals surface area contributed by atoms with E-state index in [2.05, 4.69) is 22.1 Å². The first kappa shape index (κ1) is 24.0. The van der Waals surface area contributed by atoms with Gasteiger partial charge in [-0.05, 0) is 91.1 Å². The van der Waals surface area contributed by atoms with Crippen LogP contribution >= 0.6 is 0 Å². The molecule has 0 bridgehead atoms. The molecule has 3 aliphatic heterocycles. The summed E-state index contributed by atoms with van der Waals surface area (Å²) in [6.45, 7) is 5.37. The number of rotatable bonds is 3. The van der Waals surface area contributed by atoms with Gasteiger partial charge in [0.2, 0.25) is 0 Å². The minimum absolute atomic E-state index is 0.00947. The van der Waals surface area contributed by atoms with Crippen molar-refractivity contribution in [3.05, 3.63) is 52.7 Å². The van der Waals surface area contributed by atoms with E-state index >= 15 is 0 Å². The number of phenols is 3. The molecule has 3 aromatic rings. The normalized spacial score (nSPS) is 25.8. The fourth-order valence-electron chi connectivity index (χ4n) is 6.76. The average Bonchev–Trinajstić information content (AvgIpc) is 3.24. The summed E-state index contributed by atoms with van der Waals surface area (Å²) in [7, 11) is 1.00. The van der Waals surface area contributed by atoms with Gasteiger partial charge in [-0.25, -0.2) is 0 Å². The van der Waals surface area contributed by atoms with Gasteiger partial charge in [0.25, 0.3) is 0 Å². The first-order valence-electron chi connectivity index (χ1n) is 12.8. The number of hydrogen-bond donors (Lipinski definition) is 6. The maximum Gasteiger partial charge on any atom is 0.157 e. The van der Waals surface area contributed by atoms with E-state index in [-0.39, 0.29) is 17.5 Å². The van der Waals surface area contributed by atoms with E-state index < -0.39 is 0 Å². The van der Waals surface area contributed by atoms with Crippen LogP contribution in [-0.4, -0.2) is 57.1 Å². The molecule has 188 valence electrons. The molecule has 0 amide bonds. The molecule has 0 radical (unpaired) electrons. The van der Waals surface area contributed by atoms with Gasteiger partial charge in [-0.1, -0.05) is 13.3 Å². The molecule has 7 nitrogen and oxygen atoms in total. The quantitative estimate of drug-likeness (QED) is 0.315. The van der Waals surface area contributed by atoms with Gasteiger partial charge in [-0.2, -0.15) is 0 Å². The van der Waals surface area contributed by atoms with E-state index in [4.69, 9.17) is 5.11 Å². The molecule has 1 saturated heterocycles. The molecule has 35 heavy (non-hydrogen) atoms. The van der Waals surface area contributed by atoms with E-state index in [1.807, 2.05) is 12.1 Å². The summed E-state index contributed by atoms with van der Waals surface area (Å²) in [5.74, 6) is 1.52. The monoisotopic (exact) mass is 479 g/mol. The number of aliphatic hydroxyl groups excluding tert-OH is 1. The van der Waals surface area contributed by atoms with Crippen LogP contribution in [-0.2, 0) is 12.8 Å². The summed E-state index contributed by atoms with van der Waals surface area (Å²) in [6.07, 6.45) is 5.22. The number of aliphatic hydroxyl groups is 1. The number of aromatic nitrogens is 1. The van der Waals surface area contributed by atoms with Crippen LogP contribution in [0.5, 0.6) is 17.2 Å². The number of hydrogen-bond acceptors (Lipinski definition) is 6. The molecule has 6 N–H and O–H groups in total. The Morgan fingerprint density at radius 3 is 2.60 bits per heavy atom. The number of nitrogens with zero attached hydrogens (tertiary/aromatic N) is 1. The predicted molar refractivity (Wildman–Crippen MR) is 137 cm³/mol. The molecule has 7 heteroatoms. The number of benzene rings is 2. The highest BCUT2D eigenvalue weighted by Crippen LogP contribution is 2.47. The number of aromatic amines is 1. The Labute approximate surface area is 206 Å². The van der Waals surface area contributed by atoms with E-state index in [9.17, 15) is 15.3 Å². The van der Waals surface area contributed by atoms with Crippen LogP contribution < -0.4 is 5.32 Å². The summed E-state index contributed by atoms with van der Waals surface area (Å²) in [4.78, 5) is 6.25. The Kier molecular flexibility index (Phi) is 6.66. The SMILES string of the molecule is CCC1CN2CCc3cc(O)c(O)cc3C2CC1CC1NCCc2c1[nH]c1ccc(O)cc21.CO. The Morgan fingerprint density at radius 2 is 1.80 bits per heavy atom. The minimum Gasteiger partial charge on any atom is -0.508 e. The third kappa shape index (κ3) is 4.26. The Hall–Kier alpha value is -2.74. The summed E-state index contributed by atoms with van der Waals surface area (Å²) >= 11 is 0. The number of phenolic OH excluding ortho intramolecular Hbond substituents is 3. The number of piperidine rings is 1. The van der Waals surface area contributed by atoms with Crippen LogP contribution in [0.1, 0.15) is 60.7 Å². The van der Waals surface area contributed by atoms with Gasteiger partial charge in [-0.3, -0.25) is 4.90 Å². The fraction of sp³-hybridized carbons (Fsp3) is 0.500. The second kappa shape index (κ2) is 9.72. The highest BCUT2D eigenvalue weighted by molar-refractivity contribution is 5.86. The maximum absolute atomic E-state index is 10.2. The molecule has 1 fully saturated rings. The third-order valence-electron chi connectivity index (χ3n) is 8.47. The first-order valence-corrected chi connectivity index (χ1v) is 12.8. The lowest BCUT2D eigenvalue weighted by molar-refractivity contribution is 0.0433. The second-order valence-corrected chi connectivity index (χ2v) is 10.2. The van der Waals surface area contributed by atoms with Gasteiger partial charge < -0.3 is 30.7 Å². The van der Waals surface area contributed by atoms with E-state index in [1.165, 1.54) is 28.8 Å². The highest BCUT2D eigenvalue weighted by atomic mass is 16.3. The first-order chi connectivity index (χ1) is 17.0. The van der Waals surface area contributed by atoms with Crippen LogP contribution in [0.25, 0.3) is 10.9 Å². The van der Waals surface area contributed by atoms with E-state index in [0.717, 1.165) is 63.3 Å². The summed E-state index contributed by atoms with van der Waals surface area (Å²) in [5, 5.41) is 42.1. The zero-order chi connectivity index (χ0) is 24.7. The van der Waals surface area contributed by atoms with Crippen molar-refractivity contribution in [2.24, 2.45) is 11.8 Å². The second-order valence-electron chi connectivity index (χ2n) is 10.2. The molecule has 1 aromatic heterocycles. The maximum atomic E-state index is 10.2. The zero-order valence-corrected chi connectivity index (χ0v) is 20.6. The van der Waals surface area contributed by atoms with Gasteiger partial charge in [0.15, 0.2) is 11.5 Å². The molecule has 0 aliphatic carbocycles. The van der Waals surface area contributed by atoms with Crippen molar-refractivity contribution in [2.45, 2.75) is 51.1 Å². The smallest absolute Gasteiger partial charge is 0.157 e. The predicted octanol–water partition coefficient (Wildman–Crippen LogP) is 4.12. The topological polar surface area (TPSA) is 112 Å². The van der Waals surface area contributed by atoms with Crippen molar-refractivity contribution in [1.82, 2.24) is 15.2 Å². The fourth-order valence-corrected chi connectivity index (χ4v) is 6.76. The Bertz CT molecular complexity index is 1210. The van der Waals surface area contributed by atoms with Crippen LogP contribution in [0.3, 0.4) is 0 Å². The summed E-state index contributed by atoms with van der Waals surface area (Å²) in [5.41, 5.74) is 6.09. The number of nitrogens with one attached hydrogen (secondary N) is 2. The van der Waals surface area contributed by atoms with Gasteiger partial charge in [0.1, 0.15) is 5.75 Å². The Morgan fingerprint density at radius 1 is 1.00 bits per heavy atom.